The molecular weight excluding hydrogens is 308 g/mol. The van der Waals surface area contributed by atoms with Crippen molar-refractivity contribution in [2.75, 3.05) is 6.61 Å². The predicted molar refractivity (Wildman–Crippen MR) is 90.0 cm³/mol. The van der Waals surface area contributed by atoms with Gasteiger partial charge in [0.1, 0.15) is 12.2 Å². The monoisotopic (exact) mass is 334 g/mol. The molecule has 0 aromatic carbocycles. The number of esters is 2. The van der Waals surface area contributed by atoms with Crippen molar-refractivity contribution in [2.45, 2.75) is 52.2 Å². The molecule has 1 aliphatic carbocycles. The zero-order chi connectivity index (χ0) is 17.9. The van der Waals surface area contributed by atoms with Crippen molar-refractivity contribution < 1.29 is 24.2 Å². The van der Waals surface area contributed by atoms with Crippen LogP contribution in [0.15, 0.2) is 35.5 Å². The number of carbonyl (C=O) groups is 2. The summed E-state index contributed by atoms with van der Waals surface area (Å²) in [6, 6.07) is 0. The molecule has 0 radical (unpaired) electrons. The molecule has 1 fully saturated rings. The van der Waals surface area contributed by atoms with E-state index >= 15 is 0 Å². The lowest BCUT2D eigenvalue weighted by Gasteiger charge is -2.29. The third-order valence-corrected chi connectivity index (χ3v) is 4.70. The summed E-state index contributed by atoms with van der Waals surface area (Å²) in [6.45, 7) is 8.95. The largest absolute Gasteiger partial charge is 0.458 e. The van der Waals surface area contributed by atoms with Crippen molar-refractivity contribution in [2.24, 2.45) is 11.8 Å². The Labute approximate surface area is 143 Å². The molecule has 2 aliphatic rings. The van der Waals surface area contributed by atoms with Gasteiger partial charge < -0.3 is 14.6 Å². The zero-order valence-corrected chi connectivity index (χ0v) is 14.6. The van der Waals surface area contributed by atoms with Crippen molar-refractivity contribution in [3.63, 3.8) is 0 Å². The van der Waals surface area contributed by atoms with Gasteiger partial charge in [-0.3, -0.25) is 4.79 Å². The van der Waals surface area contributed by atoms with E-state index in [1.54, 1.807) is 13.8 Å². The fourth-order valence-corrected chi connectivity index (χ4v) is 3.29. The summed E-state index contributed by atoms with van der Waals surface area (Å²) in [5.41, 5.74) is 2.26. The van der Waals surface area contributed by atoms with E-state index < -0.39 is 18.2 Å². The molecule has 0 unspecified atom stereocenters. The lowest BCUT2D eigenvalue weighted by Crippen LogP contribution is -2.36. The van der Waals surface area contributed by atoms with E-state index in [1.165, 1.54) is 0 Å². The second-order valence-corrected chi connectivity index (χ2v) is 6.77. The lowest BCUT2D eigenvalue weighted by atomic mass is 9.82. The van der Waals surface area contributed by atoms with E-state index in [4.69, 9.17) is 9.47 Å². The Kier molecular flexibility index (Phi) is 5.99. The fourth-order valence-electron chi connectivity index (χ4n) is 3.29. The van der Waals surface area contributed by atoms with Crippen LogP contribution in [0.25, 0.3) is 0 Å². The molecule has 2 rings (SSSR count). The summed E-state index contributed by atoms with van der Waals surface area (Å²) >= 11 is 0. The molecule has 1 heterocycles. The van der Waals surface area contributed by atoms with Crippen LogP contribution in [0.2, 0.25) is 0 Å². The molecule has 4 atom stereocenters. The van der Waals surface area contributed by atoms with Crippen LogP contribution in [0.5, 0.6) is 0 Å². The number of carbonyl (C=O) groups excluding carboxylic acids is 2. The number of ether oxygens (including phenoxy) is 2. The van der Waals surface area contributed by atoms with E-state index in [-0.39, 0.29) is 24.4 Å². The summed E-state index contributed by atoms with van der Waals surface area (Å²) in [4.78, 5) is 24.1. The second kappa shape index (κ2) is 7.79. The molecular formula is C19H26O5. The predicted octanol–water partition coefficient (Wildman–Crippen LogP) is 2.70. The highest BCUT2D eigenvalue weighted by atomic mass is 16.6. The van der Waals surface area contributed by atoms with E-state index in [0.29, 0.717) is 12.0 Å². The average Bonchev–Trinajstić information content (AvgIpc) is 2.79. The van der Waals surface area contributed by atoms with Gasteiger partial charge in [0.25, 0.3) is 0 Å². The van der Waals surface area contributed by atoms with Crippen LogP contribution in [0, 0.1) is 11.8 Å². The Balaban J connectivity index is 2.39. The summed E-state index contributed by atoms with van der Waals surface area (Å²) in [5.74, 6) is -1.40. The molecule has 0 amide bonds. The van der Waals surface area contributed by atoms with E-state index in [1.807, 2.05) is 13.0 Å². The van der Waals surface area contributed by atoms with Crippen molar-refractivity contribution >= 4 is 11.9 Å². The Morgan fingerprint density at radius 2 is 2.21 bits per heavy atom. The average molecular weight is 334 g/mol. The molecule has 132 valence electrons. The van der Waals surface area contributed by atoms with E-state index in [2.05, 4.69) is 12.7 Å². The molecule has 5 nitrogen and oxygen atoms in total. The SMILES string of the molecule is C=C(C)C(=O)O[C@H]1C/C(C)=C/CC/C(CO)=C/[C@H]2OC(=O)[C@H](C)[C@H]12. The maximum Gasteiger partial charge on any atom is 0.333 e. The number of aliphatic hydroxyl groups excluding tert-OH is 1. The van der Waals surface area contributed by atoms with Crippen LogP contribution in [0.4, 0.5) is 0 Å². The molecule has 0 saturated carbocycles. The van der Waals surface area contributed by atoms with Crippen LogP contribution in [0.1, 0.15) is 40.0 Å². The highest BCUT2D eigenvalue weighted by Gasteiger charge is 2.47. The summed E-state index contributed by atoms with van der Waals surface area (Å²) in [7, 11) is 0. The Morgan fingerprint density at radius 1 is 1.50 bits per heavy atom. The molecule has 0 bridgehead atoms. The molecule has 0 aromatic rings. The van der Waals surface area contributed by atoms with Crippen LogP contribution >= 0.6 is 0 Å². The van der Waals surface area contributed by atoms with Gasteiger partial charge in [0.15, 0.2) is 0 Å². The van der Waals surface area contributed by atoms with Gasteiger partial charge in [-0.1, -0.05) is 25.2 Å². The maximum atomic E-state index is 12.1. The van der Waals surface area contributed by atoms with Crippen LogP contribution in [-0.2, 0) is 19.1 Å². The van der Waals surface area contributed by atoms with Crippen LogP contribution in [0.3, 0.4) is 0 Å². The summed E-state index contributed by atoms with van der Waals surface area (Å²) in [5, 5.41) is 9.55. The standard InChI is InChI=1S/C19H26O5/c1-11(2)18(21)23-15-8-12(3)6-5-7-14(10-20)9-16-17(15)13(4)19(22)24-16/h6,9,13,15-17,20H,1,5,7-8,10H2,2-4H3/b12-6+,14-9-/t13-,15+,16-,17-/m1/s1. The summed E-state index contributed by atoms with van der Waals surface area (Å²) < 4.78 is 11.1. The van der Waals surface area contributed by atoms with Gasteiger partial charge in [-0.25, -0.2) is 4.79 Å². The lowest BCUT2D eigenvalue weighted by molar-refractivity contribution is -0.148. The molecule has 1 N–H and O–H groups in total. The molecule has 24 heavy (non-hydrogen) atoms. The number of hydrogen-bond donors (Lipinski definition) is 1. The topological polar surface area (TPSA) is 72.8 Å². The van der Waals surface area contributed by atoms with Gasteiger partial charge in [-0.15, -0.1) is 0 Å². The van der Waals surface area contributed by atoms with Crippen molar-refractivity contribution in [3.8, 4) is 0 Å². The van der Waals surface area contributed by atoms with Gasteiger partial charge in [-0.05, 0) is 38.3 Å². The van der Waals surface area contributed by atoms with Gasteiger partial charge in [-0.2, -0.15) is 0 Å². The maximum absolute atomic E-state index is 12.1. The van der Waals surface area contributed by atoms with E-state index in [0.717, 1.165) is 24.0 Å². The number of hydrogen-bond acceptors (Lipinski definition) is 5. The number of rotatable bonds is 3. The third kappa shape index (κ3) is 4.15. The third-order valence-electron chi connectivity index (χ3n) is 4.70. The minimum Gasteiger partial charge on any atom is -0.458 e. The number of fused-ring (bicyclic) bond motifs is 1. The molecule has 0 aromatic heterocycles. The van der Waals surface area contributed by atoms with Gasteiger partial charge >= 0.3 is 11.9 Å². The Bertz CT molecular complexity index is 587. The first-order chi connectivity index (χ1) is 11.3. The van der Waals surface area contributed by atoms with Crippen molar-refractivity contribution in [1.29, 1.82) is 0 Å². The highest BCUT2D eigenvalue weighted by molar-refractivity contribution is 5.87. The molecule has 5 heteroatoms. The smallest absolute Gasteiger partial charge is 0.333 e. The first-order valence-corrected chi connectivity index (χ1v) is 8.36. The Morgan fingerprint density at radius 3 is 2.83 bits per heavy atom. The second-order valence-electron chi connectivity index (χ2n) is 6.77. The van der Waals surface area contributed by atoms with Crippen LogP contribution in [-0.4, -0.2) is 35.9 Å². The zero-order valence-electron chi connectivity index (χ0n) is 14.6. The van der Waals surface area contributed by atoms with Gasteiger partial charge in [0.2, 0.25) is 0 Å². The minimum atomic E-state index is -0.483. The van der Waals surface area contributed by atoms with Crippen LogP contribution < -0.4 is 0 Å². The van der Waals surface area contributed by atoms with E-state index in [9.17, 15) is 14.7 Å². The first kappa shape index (κ1) is 18.5. The quantitative estimate of drug-likeness (QED) is 0.488. The van der Waals surface area contributed by atoms with Crippen molar-refractivity contribution in [1.82, 2.24) is 0 Å². The van der Waals surface area contributed by atoms with Gasteiger partial charge in [0.05, 0.1) is 18.4 Å². The summed E-state index contributed by atoms with van der Waals surface area (Å²) in [6.07, 6.45) is 5.04. The number of allylic oxidation sites excluding steroid dienone is 1. The highest BCUT2D eigenvalue weighted by Crippen LogP contribution is 2.37. The normalized spacial score (nSPS) is 34.9. The fraction of sp³-hybridized carbons (Fsp3) is 0.579. The molecule has 0 spiro atoms. The minimum absolute atomic E-state index is 0.0712. The molecule has 1 aliphatic heterocycles. The molecule has 1 saturated heterocycles. The first-order valence-electron chi connectivity index (χ1n) is 8.36. The van der Waals surface area contributed by atoms with Gasteiger partial charge in [0, 0.05) is 12.0 Å². The van der Waals surface area contributed by atoms with Crippen molar-refractivity contribution in [3.05, 3.63) is 35.5 Å². The number of aliphatic hydroxyl groups is 1. The Hall–Kier alpha value is -1.88.